The van der Waals surface area contributed by atoms with Gasteiger partial charge in [-0.25, -0.2) is 9.97 Å². The zero-order valence-electron chi connectivity index (χ0n) is 17.4. The highest BCUT2D eigenvalue weighted by Crippen LogP contribution is 2.31. The number of fused-ring (bicyclic) bond motifs is 1. The molecule has 1 fully saturated rings. The molecule has 0 atom stereocenters. The van der Waals surface area contributed by atoms with Crippen LogP contribution >= 0.6 is 23.2 Å². The summed E-state index contributed by atoms with van der Waals surface area (Å²) in [6, 6.07) is 13.9. The van der Waals surface area contributed by atoms with Crippen molar-refractivity contribution >= 4 is 45.8 Å². The highest BCUT2D eigenvalue weighted by atomic mass is 35.5. The van der Waals surface area contributed by atoms with E-state index in [0.717, 1.165) is 67.0 Å². The van der Waals surface area contributed by atoms with Gasteiger partial charge in [-0.15, -0.1) is 0 Å². The minimum atomic E-state index is -0.144. The van der Waals surface area contributed by atoms with Gasteiger partial charge in [-0.2, -0.15) is 0 Å². The standard InChI is InChI=1S/C23H24Cl2N4O2/c1-31-21(30)6-3-9-28-10-12-29(13-11-28)18-5-2-4-16(14-18)22-19-15-17(24)7-8-20(19)26-23(25)27-22/h2,4-5,7-8,14-15H,3,6,9-13H2,1H3. The number of ether oxygens (including phenoxy) is 1. The second-order valence-electron chi connectivity index (χ2n) is 7.56. The van der Waals surface area contributed by atoms with Gasteiger partial charge in [0.1, 0.15) is 0 Å². The molecule has 8 heteroatoms. The lowest BCUT2D eigenvalue weighted by Crippen LogP contribution is -2.46. The van der Waals surface area contributed by atoms with Gasteiger partial charge < -0.3 is 9.64 Å². The van der Waals surface area contributed by atoms with Crippen molar-refractivity contribution in [1.82, 2.24) is 14.9 Å². The summed E-state index contributed by atoms with van der Waals surface area (Å²) in [7, 11) is 1.43. The first-order valence-corrected chi connectivity index (χ1v) is 11.1. The number of rotatable bonds is 6. The Labute approximate surface area is 191 Å². The molecule has 1 aliphatic rings. The van der Waals surface area contributed by atoms with Crippen molar-refractivity contribution in [3.63, 3.8) is 0 Å². The number of anilines is 1. The second kappa shape index (κ2) is 9.81. The predicted molar refractivity (Wildman–Crippen MR) is 125 cm³/mol. The van der Waals surface area contributed by atoms with E-state index < -0.39 is 0 Å². The molecule has 0 spiro atoms. The minimum Gasteiger partial charge on any atom is -0.469 e. The van der Waals surface area contributed by atoms with E-state index >= 15 is 0 Å². The quantitative estimate of drug-likeness (QED) is 0.394. The lowest BCUT2D eigenvalue weighted by atomic mass is 10.1. The molecule has 2 aromatic carbocycles. The number of carbonyl (C=O) groups is 1. The first-order chi connectivity index (χ1) is 15.0. The molecule has 162 valence electrons. The molecule has 1 aliphatic heterocycles. The molecule has 1 aromatic heterocycles. The first kappa shape index (κ1) is 21.8. The number of hydrogen-bond acceptors (Lipinski definition) is 6. The number of piperazine rings is 1. The number of esters is 1. The molecule has 0 unspecified atom stereocenters. The van der Waals surface area contributed by atoms with Crippen LogP contribution in [0.2, 0.25) is 10.3 Å². The van der Waals surface area contributed by atoms with Crippen LogP contribution in [0.1, 0.15) is 12.8 Å². The van der Waals surface area contributed by atoms with Crippen LogP contribution < -0.4 is 4.90 Å². The molecule has 6 nitrogen and oxygen atoms in total. The Morgan fingerprint density at radius 3 is 2.65 bits per heavy atom. The molecule has 0 N–H and O–H groups in total. The van der Waals surface area contributed by atoms with Crippen molar-refractivity contribution in [1.29, 1.82) is 0 Å². The van der Waals surface area contributed by atoms with Crippen LogP contribution in [0.25, 0.3) is 22.2 Å². The molecule has 0 aliphatic carbocycles. The van der Waals surface area contributed by atoms with Crippen LogP contribution in [0.15, 0.2) is 42.5 Å². The van der Waals surface area contributed by atoms with Crippen LogP contribution in [0, 0.1) is 0 Å². The molecule has 0 bridgehead atoms. The van der Waals surface area contributed by atoms with Crippen LogP contribution in [0.4, 0.5) is 5.69 Å². The molecule has 31 heavy (non-hydrogen) atoms. The van der Waals surface area contributed by atoms with E-state index in [1.807, 2.05) is 24.3 Å². The molecule has 2 heterocycles. The monoisotopic (exact) mass is 458 g/mol. The maximum absolute atomic E-state index is 11.3. The zero-order valence-corrected chi connectivity index (χ0v) is 18.9. The number of benzene rings is 2. The Morgan fingerprint density at radius 2 is 1.87 bits per heavy atom. The van der Waals surface area contributed by atoms with E-state index in [0.29, 0.717) is 11.4 Å². The summed E-state index contributed by atoms with van der Waals surface area (Å²) in [5.41, 5.74) is 3.68. The smallest absolute Gasteiger partial charge is 0.305 e. The van der Waals surface area contributed by atoms with E-state index in [4.69, 9.17) is 27.9 Å². The molecular weight excluding hydrogens is 435 g/mol. The van der Waals surface area contributed by atoms with E-state index in [2.05, 4.69) is 31.9 Å². The molecule has 0 saturated carbocycles. The number of aromatic nitrogens is 2. The lowest BCUT2D eigenvalue weighted by Gasteiger charge is -2.36. The number of methoxy groups -OCH3 is 1. The van der Waals surface area contributed by atoms with Gasteiger partial charge in [0.05, 0.1) is 18.3 Å². The van der Waals surface area contributed by atoms with Gasteiger partial charge in [0, 0.05) is 54.3 Å². The van der Waals surface area contributed by atoms with E-state index in [-0.39, 0.29) is 11.3 Å². The van der Waals surface area contributed by atoms with E-state index in [1.165, 1.54) is 7.11 Å². The number of halogens is 2. The zero-order chi connectivity index (χ0) is 21.8. The Morgan fingerprint density at radius 1 is 1.06 bits per heavy atom. The molecule has 0 radical (unpaired) electrons. The maximum Gasteiger partial charge on any atom is 0.305 e. The Bertz CT molecular complexity index is 1080. The van der Waals surface area contributed by atoms with Crippen molar-refractivity contribution in [2.45, 2.75) is 12.8 Å². The molecular formula is C23H24Cl2N4O2. The Kier molecular flexibility index (Phi) is 6.90. The van der Waals surface area contributed by atoms with Crippen molar-refractivity contribution in [2.75, 3.05) is 44.7 Å². The fourth-order valence-electron chi connectivity index (χ4n) is 3.92. The van der Waals surface area contributed by atoms with Gasteiger partial charge in [0.25, 0.3) is 0 Å². The summed E-state index contributed by atoms with van der Waals surface area (Å²) in [4.78, 5) is 24.9. The topological polar surface area (TPSA) is 58.6 Å². The van der Waals surface area contributed by atoms with Gasteiger partial charge in [-0.3, -0.25) is 9.69 Å². The van der Waals surface area contributed by atoms with E-state index in [1.54, 1.807) is 6.07 Å². The third-order valence-electron chi connectivity index (χ3n) is 5.57. The molecule has 3 aromatic rings. The van der Waals surface area contributed by atoms with Crippen LogP contribution in [-0.2, 0) is 9.53 Å². The third-order valence-corrected chi connectivity index (χ3v) is 5.97. The third kappa shape index (κ3) is 5.26. The number of carbonyl (C=O) groups excluding carboxylic acids is 1. The molecule has 0 amide bonds. The summed E-state index contributed by atoms with van der Waals surface area (Å²) in [5.74, 6) is -0.144. The van der Waals surface area contributed by atoms with Crippen molar-refractivity contribution in [2.24, 2.45) is 0 Å². The summed E-state index contributed by atoms with van der Waals surface area (Å²) < 4.78 is 4.71. The van der Waals surface area contributed by atoms with Crippen LogP contribution in [0.3, 0.4) is 0 Å². The second-order valence-corrected chi connectivity index (χ2v) is 8.34. The summed E-state index contributed by atoms with van der Waals surface area (Å²) in [5, 5.41) is 1.74. The fraction of sp³-hybridized carbons (Fsp3) is 0.348. The summed E-state index contributed by atoms with van der Waals surface area (Å²) in [6.07, 6.45) is 1.30. The highest BCUT2D eigenvalue weighted by molar-refractivity contribution is 6.31. The van der Waals surface area contributed by atoms with Crippen molar-refractivity contribution < 1.29 is 9.53 Å². The molecule has 1 saturated heterocycles. The Hall–Kier alpha value is -2.41. The van der Waals surface area contributed by atoms with Crippen molar-refractivity contribution in [3.05, 3.63) is 52.8 Å². The minimum absolute atomic E-state index is 0.144. The summed E-state index contributed by atoms with van der Waals surface area (Å²) >= 11 is 12.4. The highest BCUT2D eigenvalue weighted by Gasteiger charge is 2.18. The van der Waals surface area contributed by atoms with Gasteiger partial charge in [-0.1, -0.05) is 23.7 Å². The largest absolute Gasteiger partial charge is 0.469 e. The SMILES string of the molecule is COC(=O)CCCN1CCN(c2cccc(-c3nc(Cl)nc4ccc(Cl)cc34)c2)CC1. The first-order valence-electron chi connectivity index (χ1n) is 10.3. The van der Waals surface area contributed by atoms with Crippen LogP contribution in [-0.4, -0.2) is 60.7 Å². The fourth-order valence-corrected chi connectivity index (χ4v) is 4.27. The van der Waals surface area contributed by atoms with Gasteiger partial charge in [0.2, 0.25) is 5.28 Å². The van der Waals surface area contributed by atoms with Gasteiger partial charge in [0.15, 0.2) is 0 Å². The van der Waals surface area contributed by atoms with Gasteiger partial charge in [-0.05, 0) is 54.9 Å². The van der Waals surface area contributed by atoms with Crippen molar-refractivity contribution in [3.8, 4) is 11.3 Å². The normalized spacial score (nSPS) is 14.7. The number of hydrogen-bond donors (Lipinski definition) is 0. The average molecular weight is 459 g/mol. The Balaban J connectivity index is 1.48. The predicted octanol–water partition coefficient (Wildman–Crippen LogP) is 4.68. The van der Waals surface area contributed by atoms with Crippen LogP contribution in [0.5, 0.6) is 0 Å². The average Bonchev–Trinajstić information content (AvgIpc) is 2.79. The van der Waals surface area contributed by atoms with E-state index in [9.17, 15) is 4.79 Å². The number of nitrogens with zero attached hydrogens (tertiary/aromatic N) is 4. The maximum atomic E-state index is 11.3. The summed E-state index contributed by atoms with van der Waals surface area (Å²) in [6.45, 7) is 4.69. The van der Waals surface area contributed by atoms with Gasteiger partial charge >= 0.3 is 5.97 Å². The molecule has 4 rings (SSSR count). The lowest BCUT2D eigenvalue weighted by molar-refractivity contribution is -0.140.